The van der Waals surface area contributed by atoms with Crippen molar-refractivity contribution >= 4 is 21.7 Å². The third-order valence-corrected chi connectivity index (χ3v) is 3.96. The minimum absolute atomic E-state index is 0.113. The SMILES string of the molecule is Cc1cc(C(=O)O)ccc1NS(=O)(=O)c1cc[nH]c1. The number of H-pyrrole nitrogens is 1. The van der Waals surface area contributed by atoms with E-state index in [0.717, 1.165) is 0 Å². The monoisotopic (exact) mass is 280 g/mol. The van der Waals surface area contributed by atoms with Crippen molar-refractivity contribution in [3.05, 3.63) is 47.8 Å². The molecule has 0 spiro atoms. The molecule has 0 bridgehead atoms. The van der Waals surface area contributed by atoms with Crippen LogP contribution in [0.3, 0.4) is 0 Å². The number of rotatable bonds is 4. The molecule has 2 rings (SSSR count). The topological polar surface area (TPSA) is 99.3 Å². The van der Waals surface area contributed by atoms with Crippen LogP contribution in [0.2, 0.25) is 0 Å². The summed E-state index contributed by atoms with van der Waals surface area (Å²) in [7, 11) is -3.65. The Hall–Kier alpha value is -2.28. The summed E-state index contributed by atoms with van der Waals surface area (Å²) >= 11 is 0. The smallest absolute Gasteiger partial charge is 0.335 e. The highest BCUT2D eigenvalue weighted by Crippen LogP contribution is 2.20. The van der Waals surface area contributed by atoms with Gasteiger partial charge in [0.05, 0.1) is 11.3 Å². The molecular formula is C12H12N2O4S. The predicted molar refractivity (Wildman–Crippen MR) is 69.7 cm³/mol. The van der Waals surface area contributed by atoms with Gasteiger partial charge >= 0.3 is 5.97 Å². The van der Waals surface area contributed by atoms with Crippen LogP contribution in [0.5, 0.6) is 0 Å². The van der Waals surface area contributed by atoms with Crippen molar-refractivity contribution in [3.8, 4) is 0 Å². The summed E-state index contributed by atoms with van der Waals surface area (Å²) in [6.07, 6.45) is 2.87. The predicted octanol–water partition coefficient (Wildman–Crippen LogP) is 1.82. The van der Waals surface area contributed by atoms with Gasteiger partial charge in [-0.05, 0) is 36.8 Å². The molecule has 0 amide bonds. The number of benzene rings is 1. The Morgan fingerprint density at radius 1 is 1.32 bits per heavy atom. The number of carbonyl (C=O) groups is 1. The molecule has 2 aromatic rings. The summed E-state index contributed by atoms with van der Waals surface area (Å²) < 4.78 is 26.4. The first-order chi connectivity index (χ1) is 8.90. The number of sulfonamides is 1. The van der Waals surface area contributed by atoms with Crippen LogP contribution in [-0.2, 0) is 10.0 Å². The molecule has 0 radical (unpaired) electrons. The van der Waals surface area contributed by atoms with Crippen molar-refractivity contribution in [1.29, 1.82) is 0 Å². The minimum atomic E-state index is -3.65. The van der Waals surface area contributed by atoms with Gasteiger partial charge in [-0.3, -0.25) is 4.72 Å². The van der Waals surface area contributed by atoms with E-state index >= 15 is 0 Å². The van der Waals surface area contributed by atoms with Crippen molar-refractivity contribution in [2.45, 2.75) is 11.8 Å². The van der Waals surface area contributed by atoms with Gasteiger partial charge in [-0.25, -0.2) is 13.2 Å². The van der Waals surface area contributed by atoms with Crippen molar-refractivity contribution < 1.29 is 18.3 Å². The van der Waals surface area contributed by atoms with E-state index in [1.165, 1.54) is 36.7 Å². The summed E-state index contributed by atoms with van der Waals surface area (Å²) in [5.74, 6) is -1.05. The Bertz CT molecular complexity index is 705. The quantitative estimate of drug-likeness (QED) is 0.795. The minimum Gasteiger partial charge on any atom is -0.478 e. The zero-order valence-electron chi connectivity index (χ0n) is 10.0. The van der Waals surface area contributed by atoms with Crippen molar-refractivity contribution in [1.82, 2.24) is 4.98 Å². The van der Waals surface area contributed by atoms with Crippen molar-refractivity contribution in [2.75, 3.05) is 4.72 Å². The molecule has 1 aromatic carbocycles. The van der Waals surface area contributed by atoms with E-state index in [9.17, 15) is 13.2 Å². The van der Waals surface area contributed by atoms with Crippen LogP contribution in [0.15, 0.2) is 41.6 Å². The first-order valence-electron chi connectivity index (χ1n) is 5.40. The van der Waals surface area contributed by atoms with E-state index < -0.39 is 16.0 Å². The van der Waals surface area contributed by atoms with Crippen LogP contribution < -0.4 is 4.72 Å². The third kappa shape index (κ3) is 2.76. The second-order valence-corrected chi connectivity index (χ2v) is 5.67. The Morgan fingerprint density at radius 2 is 2.05 bits per heavy atom. The van der Waals surface area contributed by atoms with Crippen LogP contribution in [0.1, 0.15) is 15.9 Å². The lowest BCUT2D eigenvalue weighted by atomic mass is 10.1. The molecule has 0 aliphatic carbocycles. The van der Waals surface area contributed by atoms with E-state index in [1.54, 1.807) is 6.92 Å². The molecule has 0 aliphatic rings. The summed E-state index contributed by atoms with van der Waals surface area (Å²) in [5, 5.41) is 8.84. The average Bonchev–Trinajstić information content (AvgIpc) is 2.85. The Labute approximate surface area is 110 Å². The van der Waals surface area contributed by atoms with Gasteiger partial charge in [-0.1, -0.05) is 0 Å². The molecule has 100 valence electrons. The summed E-state index contributed by atoms with van der Waals surface area (Å²) in [4.78, 5) is 13.6. The number of nitrogens with one attached hydrogen (secondary N) is 2. The third-order valence-electron chi connectivity index (χ3n) is 2.60. The second kappa shape index (κ2) is 4.77. The average molecular weight is 280 g/mol. The van der Waals surface area contributed by atoms with E-state index in [-0.39, 0.29) is 10.5 Å². The lowest BCUT2D eigenvalue weighted by Gasteiger charge is -2.10. The molecular weight excluding hydrogens is 268 g/mol. The number of hydrogen-bond donors (Lipinski definition) is 3. The maximum atomic E-state index is 12.0. The molecule has 0 atom stereocenters. The van der Waals surface area contributed by atoms with Crippen molar-refractivity contribution in [3.63, 3.8) is 0 Å². The molecule has 7 heteroatoms. The molecule has 0 aliphatic heterocycles. The second-order valence-electron chi connectivity index (χ2n) is 3.99. The normalized spacial score (nSPS) is 11.2. The first-order valence-corrected chi connectivity index (χ1v) is 6.88. The van der Waals surface area contributed by atoms with Gasteiger partial charge in [0.15, 0.2) is 0 Å². The summed E-state index contributed by atoms with van der Waals surface area (Å²) in [6, 6.07) is 5.63. The fourth-order valence-corrected chi connectivity index (χ4v) is 2.70. The number of carboxylic acids is 1. The highest BCUT2D eigenvalue weighted by atomic mass is 32.2. The number of carboxylic acid groups (broad SMARTS) is 1. The lowest BCUT2D eigenvalue weighted by Crippen LogP contribution is -2.13. The van der Waals surface area contributed by atoms with E-state index in [2.05, 4.69) is 9.71 Å². The first kappa shape index (κ1) is 13.2. The van der Waals surface area contributed by atoms with Gasteiger partial charge in [0, 0.05) is 12.4 Å². The molecule has 0 saturated heterocycles. The van der Waals surface area contributed by atoms with E-state index in [4.69, 9.17) is 5.11 Å². The van der Waals surface area contributed by atoms with E-state index in [0.29, 0.717) is 11.3 Å². The summed E-state index contributed by atoms with van der Waals surface area (Å²) in [6.45, 7) is 1.64. The zero-order chi connectivity index (χ0) is 14.0. The van der Waals surface area contributed by atoms with Gasteiger partial charge in [0.25, 0.3) is 10.0 Å². The number of aromatic nitrogens is 1. The maximum absolute atomic E-state index is 12.0. The largest absolute Gasteiger partial charge is 0.478 e. The number of aryl methyl sites for hydroxylation is 1. The number of aromatic carboxylic acids is 1. The molecule has 3 N–H and O–H groups in total. The zero-order valence-corrected chi connectivity index (χ0v) is 10.9. The van der Waals surface area contributed by atoms with Crippen LogP contribution in [0, 0.1) is 6.92 Å². The standard InChI is InChI=1S/C12H12N2O4S/c1-8-6-9(12(15)16)2-3-11(8)14-19(17,18)10-4-5-13-7-10/h2-7,13-14H,1H3,(H,15,16). The Kier molecular flexibility index (Phi) is 3.30. The molecule has 6 nitrogen and oxygen atoms in total. The number of aromatic amines is 1. The van der Waals surface area contributed by atoms with Gasteiger partial charge in [-0.15, -0.1) is 0 Å². The van der Waals surface area contributed by atoms with Crippen LogP contribution >= 0.6 is 0 Å². The Balaban J connectivity index is 2.32. The van der Waals surface area contributed by atoms with Gasteiger partial charge in [-0.2, -0.15) is 0 Å². The molecule has 0 unspecified atom stereocenters. The fraction of sp³-hybridized carbons (Fsp3) is 0.0833. The molecule has 0 fully saturated rings. The molecule has 19 heavy (non-hydrogen) atoms. The fourth-order valence-electron chi connectivity index (χ4n) is 1.59. The van der Waals surface area contributed by atoms with Crippen LogP contribution in [0.4, 0.5) is 5.69 Å². The van der Waals surface area contributed by atoms with Crippen molar-refractivity contribution in [2.24, 2.45) is 0 Å². The van der Waals surface area contributed by atoms with Gasteiger partial charge in [0.2, 0.25) is 0 Å². The molecule has 1 aromatic heterocycles. The molecule has 0 saturated carbocycles. The number of anilines is 1. The highest BCUT2D eigenvalue weighted by Gasteiger charge is 2.16. The summed E-state index contributed by atoms with van der Waals surface area (Å²) in [5.41, 5.74) is 1.01. The number of hydrogen-bond acceptors (Lipinski definition) is 3. The van der Waals surface area contributed by atoms with Gasteiger partial charge in [0.1, 0.15) is 4.90 Å². The lowest BCUT2D eigenvalue weighted by molar-refractivity contribution is 0.0697. The molecule has 1 heterocycles. The Morgan fingerprint density at radius 3 is 2.58 bits per heavy atom. The van der Waals surface area contributed by atoms with Crippen LogP contribution in [-0.4, -0.2) is 24.5 Å². The highest BCUT2D eigenvalue weighted by molar-refractivity contribution is 7.92. The van der Waals surface area contributed by atoms with E-state index in [1.807, 2.05) is 0 Å². The maximum Gasteiger partial charge on any atom is 0.335 e. The van der Waals surface area contributed by atoms with Crippen LogP contribution in [0.25, 0.3) is 0 Å². The van der Waals surface area contributed by atoms with Gasteiger partial charge < -0.3 is 10.1 Å².